The molecule has 0 heterocycles. The quantitative estimate of drug-likeness (QED) is 0.629. The Labute approximate surface area is 175 Å². The number of sulfone groups is 1. The van der Waals surface area contributed by atoms with Gasteiger partial charge in [-0.05, 0) is 49.4 Å². The molecule has 9 nitrogen and oxygen atoms in total. The highest BCUT2D eigenvalue weighted by Gasteiger charge is 2.21. The molecule has 1 amide bonds. The average molecular weight is 455 g/mol. The highest BCUT2D eigenvalue weighted by molar-refractivity contribution is 7.90. The van der Waals surface area contributed by atoms with Crippen molar-refractivity contribution in [1.29, 1.82) is 0 Å². The van der Waals surface area contributed by atoms with Crippen LogP contribution >= 0.6 is 0 Å². The molecule has 0 fully saturated rings. The van der Waals surface area contributed by atoms with Crippen molar-refractivity contribution in [1.82, 2.24) is 4.31 Å². The van der Waals surface area contributed by atoms with E-state index in [0.29, 0.717) is 0 Å². The van der Waals surface area contributed by atoms with Gasteiger partial charge in [-0.25, -0.2) is 25.9 Å². The smallest absolute Gasteiger partial charge is 0.338 e. The molecule has 30 heavy (non-hydrogen) atoms. The van der Waals surface area contributed by atoms with Crippen molar-refractivity contribution in [2.24, 2.45) is 0 Å². The predicted octanol–water partition coefficient (Wildman–Crippen LogP) is 1.52. The van der Waals surface area contributed by atoms with E-state index in [1.165, 1.54) is 69.6 Å². The van der Waals surface area contributed by atoms with Gasteiger partial charge in [-0.2, -0.15) is 0 Å². The number of carbonyl (C=O) groups excluding carboxylic acids is 2. The number of sulfonamides is 1. The number of anilines is 1. The molecular formula is C19H22N2O7S2. The molecule has 2 aromatic carbocycles. The largest absolute Gasteiger partial charge is 0.449 e. The minimum absolute atomic E-state index is 0.000846. The summed E-state index contributed by atoms with van der Waals surface area (Å²) in [6.07, 6.45) is -0.132. The predicted molar refractivity (Wildman–Crippen MR) is 110 cm³/mol. The molecule has 1 N–H and O–H groups in total. The minimum Gasteiger partial charge on any atom is -0.449 e. The molecule has 0 aliphatic heterocycles. The fraction of sp³-hybridized carbons (Fsp3) is 0.263. The average Bonchev–Trinajstić information content (AvgIpc) is 2.67. The Bertz CT molecular complexity index is 1160. The number of rotatable bonds is 7. The molecule has 1 atom stereocenters. The Kier molecular flexibility index (Phi) is 7.01. The number of amides is 1. The minimum atomic E-state index is -3.67. The van der Waals surface area contributed by atoms with E-state index in [9.17, 15) is 26.4 Å². The Morgan fingerprint density at radius 1 is 0.967 bits per heavy atom. The van der Waals surface area contributed by atoms with Crippen molar-refractivity contribution in [3.63, 3.8) is 0 Å². The molecule has 0 aliphatic rings. The first-order chi connectivity index (χ1) is 13.8. The highest BCUT2D eigenvalue weighted by atomic mass is 32.2. The van der Waals surface area contributed by atoms with Gasteiger partial charge < -0.3 is 10.1 Å². The Morgan fingerprint density at radius 3 is 2.10 bits per heavy atom. The molecule has 0 radical (unpaired) electrons. The maximum Gasteiger partial charge on any atom is 0.338 e. The van der Waals surface area contributed by atoms with Crippen LogP contribution in [-0.2, 0) is 29.4 Å². The molecule has 0 spiro atoms. The molecule has 0 saturated heterocycles. The van der Waals surface area contributed by atoms with Crippen molar-refractivity contribution in [2.75, 3.05) is 25.7 Å². The number of esters is 1. The lowest BCUT2D eigenvalue weighted by molar-refractivity contribution is -0.123. The number of ether oxygens (including phenoxy) is 1. The zero-order valence-electron chi connectivity index (χ0n) is 16.8. The van der Waals surface area contributed by atoms with Crippen LogP contribution in [0.3, 0.4) is 0 Å². The van der Waals surface area contributed by atoms with Gasteiger partial charge in [-0.15, -0.1) is 0 Å². The fourth-order valence-corrected chi connectivity index (χ4v) is 3.89. The van der Waals surface area contributed by atoms with Gasteiger partial charge in [0.2, 0.25) is 10.0 Å². The van der Waals surface area contributed by atoms with E-state index in [2.05, 4.69) is 5.32 Å². The molecule has 11 heteroatoms. The normalized spacial score (nSPS) is 13.0. The molecule has 0 unspecified atom stereocenters. The van der Waals surface area contributed by atoms with E-state index in [0.717, 1.165) is 10.6 Å². The summed E-state index contributed by atoms with van der Waals surface area (Å²) < 4.78 is 53.5. The first-order valence-electron chi connectivity index (χ1n) is 8.67. The summed E-state index contributed by atoms with van der Waals surface area (Å²) in [7, 11) is -4.28. The van der Waals surface area contributed by atoms with Crippen molar-refractivity contribution in [3.8, 4) is 0 Å². The zero-order chi connectivity index (χ0) is 22.7. The van der Waals surface area contributed by atoms with Crippen LogP contribution in [-0.4, -0.2) is 59.5 Å². The summed E-state index contributed by atoms with van der Waals surface area (Å²) in [6, 6.07) is 10.8. The molecule has 162 valence electrons. The van der Waals surface area contributed by atoms with Crippen LogP contribution in [0.2, 0.25) is 0 Å². The van der Waals surface area contributed by atoms with Gasteiger partial charge in [-0.1, -0.05) is 6.07 Å². The maximum atomic E-state index is 12.3. The zero-order valence-corrected chi connectivity index (χ0v) is 18.5. The molecule has 2 aromatic rings. The van der Waals surface area contributed by atoms with E-state index in [1.54, 1.807) is 0 Å². The topological polar surface area (TPSA) is 127 Å². The number of benzene rings is 2. The Hall–Kier alpha value is -2.76. The van der Waals surface area contributed by atoms with Gasteiger partial charge in [0.25, 0.3) is 5.91 Å². The van der Waals surface area contributed by atoms with Crippen molar-refractivity contribution in [2.45, 2.75) is 22.8 Å². The summed E-state index contributed by atoms with van der Waals surface area (Å²) in [6.45, 7) is 1.36. The second-order valence-electron chi connectivity index (χ2n) is 6.65. The van der Waals surface area contributed by atoms with Gasteiger partial charge in [0.15, 0.2) is 15.9 Å². The number of nitrogens with one attached hydrogen (secondary N) is 1. The number of hydrogen-bond acceptors (Lipinski definition) is 7. The van der Waals surface area contributed by atoms with Crippen LogP contribution in [0.25, 0.3) is 0 Å². The van der Waals surface area contributed by atoms with Gasteiger partial charge in [0, 0.05) is 26.0 Å². The van der Waals surface area contributed by atoms with E-state index < -0.39 is 37.8 Å². The first kappa shape index (κ1) is 23.5. The molecule has 0 aliphatic carbocycles. The van der Waals surface area contributed by atoms with Crippen molar-refractivity contribution >= 4 is 37.4 Å². The molecular weight excluding hydrogens is 432 g/mol. The lowest BCUT2D eigenvalue weighted by Crippen LogP contribution is -2.30. The summed E-state index contributed by atoms with van der Waals surface area (Å²) in [5.41, 5.74) is 0.310. The standard InChI is InChI=1S/C19H22N2O7S2/c1-13(28-19(23)14-8-10-16(11-9-14)29(4,24)25)18(22)20-15-6-5-7-17(12-15)30(26,27)21(2)3/h5-13H,1-4H3,(H,20,22)/t13-/m1/s1. The summed E-state index contributed by atoms with van der Waals surface area (Å²) in [5.74, 6) is -1.46. The second-order valence-corrected chi connectivity index (χ2v) is 10.8. The number of hydrogen-bond donors (Lipinski definition) is 1. The third-order valence-corrected chi connectivity index (χ3v) is 6.99. The lowest BCUT2D eigenvalue weighted by atomic mass is 10.2. The van der Waals surface area contributed by atoms with Gasteiger partial charge in [-0.3, -0.25) is 4.79 Å². The highest BCUT2D eigenvalue weighted by Crippen LogP contribution is 2.18. The number of nitrogens with zero attached hydrogens (tertiary/aromatic N) is 1. The van der Waals surface area contributed by atoms with E-state index in [4.69, 9.17) is 4.74 Å². The summed E-state index contributed by atoms with van der Waals surface area (Å²) in [5, 5.41) is 2.50. The van der Waals surface area contributed by atoms with Crippen LogP contribution < -0.4 is 5.32 Å². The number of carbonyl (C=O) groups is 2. The monoisotopic (exact) mass is 454 g/mol. The lowest BCUT2D eigenvalue weighted by Gasteiger charge is -2.15. The third kappa shape index (κ3) is 5.65. The third-order valence-electron chi connectivity index (χ3n) is 4.05. The van der Waals surface area contributed by atoms with Crippen LogP contribution in [0.4, 0.5) is 5.69 Å². The van der Waals surface area contributed by atoms with Crippen molar-refractivity contribution in [3.05, 3.63) is 54.1 Å². The first-order valence-corrected chi connectivity index (χ1v) is 12.0. The fourth-order valence-electron chi connectivity index (χ4n) is 2.31. The van der Waals surface area contributed by atoms with Crippen molar-refractivity contribution < 1.29 is 31.2 Å². The van der Waals surface area contributed by atoms with Crippen LogP contribution in [0.1, 0.15) is 17.3 Å². The van der Waals surface area contributed by atoms with Crippen LogP contribution in [0, 0.1) is 0 Å². The SMILES string of the molecule is C[C@@H](OC(=O)c1ccc(S(C)(=O)=O)cc1)C(=O)Nc1cccc(S(=O)(=O)N(C)C)c1. The van der Waals surface area contributed by atoms with Crippen LogP contribution in [0.5, 0.6) is 0 Å². The molecule has 0 bridgehead atoms. The van der Waals surface area contributed by atoms with Gasteiger partial charge in [0.1, 0.15) is 0 Å². The second kappa shape index (κ2) is 8.94. The van der Waals surface area contributed by atoms with E-state index in [1.807, 2.05) is 0 Å². The Balaban J connectivity index is 2.07. The Morgan fingerprint density at radius 2 is 1.57 bits per heavy atom. The maximum absolute atomic E-state index is 12.3. The molecule has 0 saturated carbocycles. The van der Waals surface area contributed by atoms with E-state index in [-0.39, 0.29) is 21.0 Å². The van der Waals surface area contributed by atoms with Crippen LogP contribution in [0.15, 0.2) is 58.3 Å². The summed E-state index contributed by atoms with van der Waals surface area (Å²) >= 11 is 0. The van der Waals surface area contributed by atoms with E-state index >= 15 is 0 Å². The summed E-state index contributed by atoms with van der Waals surface area (Å²) in [4.78, 5) is 24.6. The van der Waals surface area contributed by atoms with Gasteiger partial charge >= 0.3 is 5.97 Å². The molecule has 2 rings (SSSR count). The van der Waals surface area contributed by atoms with Gasteiger partial charge in [0.05, 0.1) is 15.4 Å². The molecule has 0 aromatic heterocycles.